The minimum Gasteiger partial charge on any atom is -0.494 e. The van der Waals surface area contributed by atoms with Gasteiger partial charge in [0.1, 0.15) is 5.75 Å². The Labute approximate surface area is 190 Å². The molecule has 32 heavy (non-hydrogen) atoms. The van der Waals surface area contributed by atoms with Gasteiger partial charge in [0.2, 0.25) is 5.95 Å². The first-order chi connectivity index (χ1) is 15.7. The van der Waals surface area contributed by atoms with E-state index in [1.54, 1.807) is 18.2 Å². The first kappa shape index (κ1) is 23.9. The molecule has 0 spiro atoms. The predicted octanol–water partition coefficient (Wildman–Crippen LogP) is 5.12. The van der Waals surface area contributed by atoms with E-state index in [0.717, 1.165) is 43.7 Å². The molecule has 1 aliphatic heterocycles. The Morgan fingerprint density at radius 3 is 2.72 bits per heavy atom. The van der Waals surface area contributed by atoms with Crippen molar-refractivity contribution in [2.45, 2.75) is 45.1 Å². The molecule has 0 aliphatic carbocycles. The van der Waals surface area contributed by atoms with Crippen LogP contribution in [0.2, 0.25) is 0 Å². The topological polar surface area (TPSA) is 61.2 Å². The quantitative estimate of drug-likeness (QED) is 0.284. The lowest BCUT2D eigenvalue weighted by molar-refractivity contribution is 0.263. The van der Waals surface area contributed by atoms with Crippen molar-refractivity contribution in [3.8, 4) is 11.8 Å². The number of nitrogens with zero attached hydrogens (tertiary/aromatic N) is 3. The number of pyridine rings is 1. The highest BCUT2D eigenvalue weighted by Crippen LogP contribution is 2.22. The molecule has 1 fully saturated rings. The number of hydrogen-bond acceptors (Lipinski definition) is 5. The van der Waals surface area contributed by atoms with Crippen molar-refractivity contribution in [3.05, 3.63) is 65.2 Å². The van der Waals surface area contributed by atoms with E-state index in [4.69, 9.17) is 4.74 Å². The summed E-state index contributed by atoms with van der Waals surface area (Å²) in [6.45, 7) is 6.83. The Kier molecular flexibility index (Phi) is 9.67. The summed E-state index contributed by atoms with van der Waals surface area (Å²) < 4.78 is 19.2. The van der Waals surface area contributed by atoms with Crippen LogP contribution in [0, 0.1) is 17.3 Å². The average Bonchev–Trinajstić information content (AvgIpc) is 3.33. The van der Waals surface area contributed by atoms with Crippen molar-refractivity contribution in [2.75, 3.05) is 32.8 Å². The van der Waals surface area contributed by atoms with E-state index in [0.29, 0.717) is 17.8 Å². The lowest BCUT2D eigenvalue weighted by atomic mass is 10.0. The van der Waals surface area contributed by atoms with E-state index in [2.05, 4.69) is 40.3 Å². The smallest absolute Gasteiger partial charge is 0.213 e. The van der Waals surface area contributed by atoms with Crippen LogP contribution in [0.4, 0.5) is 4.39 Å². The number of hydrogen-bond donors (Lipinski definition) is 1. The third kappa shape index (κ3) is 7.74. The fraction of sp³-hybridized carbons (Fsp3) is 0.462. The zero-order chi connectivity index (χ0) is 22.6. The summed E-state index contributed by atoms with van der Waals surface area (Å²) >= 11 is 0. The highest BCUT2D eigenvalue weighted by molar-refractivity contribution is 5.54. The lowest BCUT2D eigenvalue weighted by Crippen LogP contribution is -2.23. The molecule has 3 rings (SSSR count). The van der Waals surface area contributed by atoms with Crippen molar-refractivity contribution in [2.24, 2.45) is 0 Å². The van der Waals surface area contributed by atoms with E-state index < -0.39 is 5.95 Å². The normalized spacial score (nSPS) is 15.5. The second-order valence-electron chi connectivity index (χ2n) is 8.21. The highest BCUT2D eigenvalue weighted by Gasteiger charge is 2.12. The maximum atomic E-state index is 13.3. The van der Waals surface area contributed by atoms with Gasteiger partial charge in [-0.15, -0.1) is 0 Å². The molecule has 1 unspecified atom stereocenters. The van der Waals surface area contributed by atoms with Crippen LogP contribution in [0.15, 0.2) is 48.0 Å². The predicted molar refractivity (Wildman–Crippen MR) is 126 cm³/mol. The Balaban J connectivity index is 1.52. The van der Waals surface area contributed by atoms with Gasteiger partial charge in [-0.3, -0.25) is 0 Å². The van der Waals surface area contributed by atoms with E-state index in [9.17, 15) is 9.65 Å². The van der Waals surface area contributed by atoms with Crippen molar-refractivity contribution >= 4 is 6.08 Å². The lowest BCUT2D eigenvalue weighted by Gasteiger charge is -2.19. The van der Waals surface area contributed by atoms with Crippen LogP contribution in [0.1, 0.15) is 56.3 Å². The number of nitrogens with one attached hydrogen (secondary N) is 1. The average molecular weight is 437 g/mol. The van der Waals surface area contributed by atoms with Crippen molar-refractivity contribution in [3.63, 3.8) is 0 Å². The summed E-state index contributed by atoms with van der Waals surface area (Å²) in [5, 5.41) is 12.9. The van der Waals surface area contributed by atoms with Crippen LogP contribution in [0.25, 0.3) is 6.08 Å². The Hall–Kier alpha value is -2.75. The van der Waals surface area contributed by atoms with E-state index in [1.807, 2.05) is 12.1 Å². The third-order valence-electron chi connectivity index (χ3n) is 5.69. The van der Waals surface area contributed by atoms with Gasteiger partial charge in [0, 0.05) is 24.7 Å². The molecule has 1 saturated heterocycles. The van der Waals surface area contributed by atoms with Gasteiger partial charge in [-0.2, -0.15) is 9.65 Å². The van der Waals surface area contributed by atoms with Gasteiger partial charge >= 0.3 is 0 Å². The van der Waals surface area contributed by atoms with E-state index >= 15 is 0 Å². The summed E-state index contributed by atoms with van der Waals surface area (Å²) in [4.78, 5) is 6.31. The molecule has 2 heterocycles. The standard InChI is InChI=1S/C26H33FN4O/c1-2-7-25(29-20-21(19-28)18-23-8-5-9-26(27)30-23)22-10-12-24(13-11-22)32-17-6-16-31-14-3-4-15-31/h5,8-13,18,25,29H,2-4,6-7,14-17,20H2,1H3/b21-18+. The number of likely N-dealkylation sites (tertiary alicyclic amines) is 1. The Morgan fingerprint density at radius 2 is 2.03 bits per heavy atom. The van der Waals surface area contributed by atoms with Gasteiger partial charge in [-0.1, -0.05) is 31.5 Å². The molecule has 1 aliphatic rings. The summed E-state index contributed by atoms with van der Waals surface area (Å²) in [6, 6.07) is 15.1. The SMILES string of the molecule is CCCC(NC/C(C#N)=C/c1cccc(F)n1)c1ccc(OCCCN2CCCC2)cc1. The van der Waals surface area contributed by atoms with Crippen LogP contribution < -0.4 is 10.1 Å². The Morgan fingerprint density at radius 1 is 1.25 bits per heavy atom. The van der Waals surface area contributed by atoms with Crippen molar-refractivity contribution < 1.29 is 9.13 Å². The molecule has 2 aromatic rings. The van der Waals surface area contributed by atoms with Gasteiger partial charge in [0.25, 0.3) is 0 Å². The van der Waals surface area contributed by atoms with Gasteiger partial charge in [-0.05, 0) is 74.7 Å². The minimum atomic E-state index is -0.550. The van der Waals surface area contributed by atoms with Gasteiger partial charge in [0.15, 0.2) is 0 Å². The van der Waals surface area contributed by atoms with Gasteiger partial charge in [-0.25, -0.2) is 4.98 Å². The Bertz CT molecular complexity index is 901. The second-order valence-corrected chi connectivity index (χ2v) is 8.21. The number of benzene rings is 1. The van der Waals surface area contributed by atoms with Crippen LogP contribution in [0.3, 0.4) is 0 Å². The maximum Gasteiger partial charge on any atom is 0.213 e. The molecular weight excluding hydrogens is 403 g/mol. The fourth-order valence-electron chi connectivity index (χ4n) is 3.99. The molecule has 0 saturated carbocycles. The molecule has 1 atom stereocenters. The van der Waals surface area contributed by atoms with Crippen LogP contribution >= 0.6 is 0 Å². The van der Waals surface area contributed by atoms with Crippen molar-refractivity contribution in [1.82, 2.24) is 15.2 Å². The zero-order valence-corrected chi connectivity index (χ0v) is 18.9. The molecule has 0 amide bonds. The van der Waals surface area contributed by atoms with E-state index in [1.165, 1.54) is 32.0 Å². The first-order valence-corrected chi connectivity index (χ1v) is 11.6. The number of rotatable bonds is 12. The molecule has 5 nitrogen and oxygen atoms in total. The molecule has 1 aromatic heterocycles. The summed E-state index contributed by atoms with van der Waals surface area (Å²) in [6.07, 6.45) is 7.28. The summed E-state index contributed by atoms with van der Waals surface area (Å²) in [7, 11) is 0. The maximum absolute atomic E-state index is 13.3. The zero-order valence-electron chi connectivity index (χ0n) is 18.9. The summed E-state index contributed by atoms with van der Waals surface area (Å²) in [5.74, 6) is 0.339. The van der Waals surface area contributed by atoms with Gasteiger partial charge < -0.3 is 15.0 Å². The molecule has 1 aromatic carbocycles. The molecular formula is C26H33FN4O. The van der Waals surface area contributed by atoms with Crippen LogP contribution in [-0.2, 0) is 0 Å². The second kappa shape index (κ2) is 12.9. The molecule has 0 bridgehead atoms. The van der Waals surface area contributed by atoms with Crippen molar-refractivity contribution in [1.29, 1.82) is 5.26 Å². The number of nitriles is 1. The molecule has 6 heteroatoms. The monoisotopic (exact) mass is 436 g/mol. The van der Waals surface area contributed by atoms with Crippen LogP contribution in [0.5, 0.6) is 5.75 Å². The third-order valence-corrected chi connectivity index (χ3v) is 5.69. The molecule has 170 valence electrons. The van der Waals surface area contributed by atoms with E-state index in [-0.39, 0.29) is 6.04 Å². The molecule has 1 N–H and O–H groups in total. The number of aromatic nitrogens is 1. The fourth-order valence-corrected chi connectivity index (χ4v) is 3.99. The number of ether oxygens (including phenoxy) is 1. The first-order valence-electron chi connectivity index (χ1n) is 11.6. The van der Waals surface area contributed by atoms with Gasteiger partial charge in [0.05, 0.1) is 18.4 Å². The van der Waals surface area contributed by atoms with Crippen LogP contribution in [-0.4, -0.2) is 42.7 Å². The largest absolute Gasteiger partial charge is 0.494 e. The number of halogens is 1. The summed E-state index contributed by atoms with van der Waals surface area (Å²) in [5.41, 5.74) is 2.13. The minimum absolute atomic E-state index is 0.126. The molecule has 0 radical (unpaired) electrons. The highest BCUT2D eigenvalue weighted by atomic mass is 19.1.